The number of rotatable bonds is 6. The summed E-state index contributed by atoms with van der Waals surface area (Å²) in [5, 5.41) is 5.04. The van der Waals surface area contributed by atoms with Crippen molar-refractivity contribution in [2.75, 3.05) is 13.7 Å². The first kappa shape index (κ1) is 16.5. The van der Waals surface area contributed by atoms with Gasteiger partial charge in [0.2, 0.25) is 0 Å². The van der Waals surface area contributed by atoms with Crippen LogP contribution in [0.2, 0.25) is 5.02 Å². The van der Waals surface area contributed by atoms with Gasteiger partial charge in [-0.25, -0.2) is 5.43 Å². The molecule has 1 aromatic carbocycles. The molecule has 0 fully saturated rings. The zero-order valence-electron chi connectivity index (χ0n) is 11.9. The van der Waals surface area contributed by atoms with Gasteiger partial charge >= 0.3 is 0 Å². The van der Waals surface area contributed by atoms with Crippen molar-refractivity contribution in [3.8, 4) is 0 Å². The Kier molecular flexibility index (Phi) is 5.78. The van der Waals surface area contributed by atoms with Crippen LogP contribution < -0.4 is 11.3 Å². The maximum atomic E-state index is 6.12. The molecule has 0 aliphatic rings. The van der Waals surface area contributed by atoms with Crippen molar-refractivity contribution < 1.29 is 4.74 Å². The minimum atomic E-state index is -0.211. The molecule has 7 heteroatoms. The standard InChI is InChI=1S/C14H18BrClN4O/c1-9-3-4-10(16)7-11(9)13(19-17)14-12(15)8-18-20(14)5-6-21-2/h3-4,7-8,13,19H,5-6,17H2,1-2H3. The number of nitrogens with two attached hydrogens (primary N) is 1. The second-order valence-electron chi connectivity index (χ2n) is 4.69. The summed E-state index contributed by atoms with van der Waals surface area (Å²) in [5.41, 5.74) is 5.92. The van der Waals surface area contributed by atoms with E-state index >= 15 is 0 Å². The van der Waals surface area contributed by atoms with Gasteiger partial charge in [-0.3, -0.25) is 10.5 Å². The van der Waals surface area contributed by atoms with Crippen LogP contribution in [0, 0.1) is 6.92 Å². The molecule has 1 unspecified atom stereocenters. The van der Waals surface area contributed by atoms with Crippen molar-refractivity contribution in [3.05, 3.63) is 50.7 Å². The molecule has 1 aromatic heterocycles. The maximum absolute atomic E-state index is 6.12. The molecule has 0 radical (unpaired) electrons. The van der Waals surface area contributed by atoms with Gasteiger partial charge in [0.15, 0.2) is 0 Å². The van der Waals surface area contributed by atoms with Crippen molar-refractivity contribution in [2.24, 2.45) is 5.84 Å². The number of halogens is 2. The van der Waals surface area contributed by atoms with E-state index in [1.54, 1.807) is 13.3 Å². The number of nitrogens with zero attached hydrogens (tertiary/aromatic N) is 2. The van der Waals surface area contributed by atoms with Crippen LogP contribution in [0.3, 0.4) is 0 Å². The van der Waals surface area contributed by atoms with Gasteiger partial charge in [-0.1, -0.05) is 17.7 Å². The predicted molar refractivity (Wildman–Crippen MR) is 87.2 cm³/mol. The zero-order valence-corrected chi connectivity index (χ0v) is 14.3. The van der Waals surface area contributed by atoms with Crippen molar-refractivity contribution in [1.29, 1.82) is 0 Å². The number of aryl methyl sites for hydroxylation is 1. The highest BCUT2D eigenvalue weighted by molar-refractivity contribution is 9.10. The lowest BCUT2D eigenvalue weighted by molar-refractivity contribution is 0.182. The summed E-state index contributed by atoms with van der Waals surface area (Å²) in [6.45, 7) is 3.25. The van der Waals surface area contributed by atoms with Crippen LogP contribution in [0.5, 0.6) is 0 Å². The monoisotopic (exact) mass is 372 g/mol. The Morgan fingerprint density at radius 3 is 2.95 bits per heavy atom. The Morgan fingerprint density at radius 1 is 1.52 bits per heavy atom. The van der Waals surface area contributed by atoms with E-state index in [1.165, 1.54) is 0 Å². The van der Waals surface area contributed by atoms with Gasteiger partial charge in [0.05, 0.1) is 35.6 Å². The summed E-state index contributed by atoms with van der Waals surface area (Å²) in [4.78, 5) is 0. The van der Waals surface area contributed by atoms with Gasteiger partial charge in [-0.15, -0.1) is 0 Å². The van der Waals surface area contributed by atoms with Crippen LogP contribution in [-0.2, 0) is 11.3 Å². The maximum Gasteiger partial charge on any atom is 0.0892 e. The minimum Gasteiger partial charge on any atom is -0.383 e. The molecule has 1 atom stereocenters. The molecule has 3 N–H and O–H groups in total. The Labute approximate surface area is 137 Å². The third-order valence-corrected chi connectivity index (χ3v) is 4.18. The average Bonchev–Trinajstić information content (AvgIpc) is 2.83. The second-order valence-corrected chi connectivity index (χ2v) is 5.99. The van der Waals surface area contributed by atoms with Crippen molar-refractivity contribution >= 4 is 27.5 Å². The van der Waals surface area contributed by atoms with E-state index in [2.05, 4.69) is 26.5 Å². The quantitative estimate of drug-likeness (QED) is 0.604. The first-order valence-electron chi connectivity index (χ1n) is 6.50. The molecule has 0 amide bonds. The normalized spacial score (nSPS) is 12.6. The lowest BCUT2D eigenvalue weighted by Crippen LogP contribution is -2.32. The molecule has 1 heterocycles. The fraction of sp³-hybridized carbons (Fsp3) is 0.357. The van der Waals surface area contributed by atoms with E-state index in [9.17, 15) is 0 Å². The fourth-order valence-corrected chi connectivity index (χ4v) is 2.96. The van der Waals surface area contributed by atoms with Crippen molar-refractivity contribution in [3.63, 3.8) is 0 Å². The Hall–Kier alpha value is -0.920. The first-order chi connectivity index (χ1) is 10.1. The molecule has 21 heavy (non-hydrogen) atoms. The number of hydrogen-bond donors (Lipinski definition) is 2. The molecule has 0 saturated heterocycles. The van der Waals surface area contributed by atoms with E-state index < -0.39 is 0 Å². The van der Waals surface area contributed by atoms with Gasteiger partial charge in [-0.2, -0.15) is 5.10 Å². The highest BCUT2D eigenvalue weighted by atomic mass is 79.9. The van der Waals surface area contributed by atoms with Crippen LogP contribution in [0.15, 0.2) is 28.9 Å². The number of hydrazine groups is 1. The summed E-state index contributed by atoms with van der Waals surface area (Å²) in [6, 6.07) is 5.55. The number of hydrogen-bond acceptors (Lipinski definition) is 4. The molecule has 0 saturated carbocycles. The lowest BCUT2D eigenvalue weighted by Gasteiger charge is -2.21. The van der Waals surface area contributed by atoms with Crippen LogP contribution in [-0.4, -0.2) is 23.5 Å². The fourth-order valence-electron chi connectivity index (χ4n) is 2.25. The number of benzene rings is 1. The average molecular weight is 374 g/mol. The molecule has 0 aliphatic heterocycles. The molecule has 5 nitrogen and oxygen atoms in total. The number of methoxy groups -OCH3 is 1. The van der Waals surface area contributed by atoms with Crippen LogP contribution in [0.25, 0.3) is 0 Å². The molecule has 0 spiro atoms. The second kappa shape index (κ2) is 7.38. The molecular formula is C14H18BrClN4O. The Balaban J connectivity index is 2.46. The SMILES string of the molecule is COCCn1ncc(Br)c1C(NN)c1cc(Cl)ccc1C. The van der Waals surface area contributed by atoms with Gasteiger partial charge < -0.3 is 4.74 Å². The molecule has 0 bridgehead atoms. The highest BCUT2D eigenvalue weighted by Crippen LogP contribution is 2.31. The third kappa shape index (κ3) is 3.64. The van der Waals surface area contributed by atoms with Crippen molar-refractivity contribution in [2.45, 2.75) is 19.5 Å². The van der Waals surface area contributed by atoms with Crippen LogP contribution in [0.1, 0.15) is 22.9 Å². The van der Waals surface area contributed by atoms with Gasteiger partial charge in [0.25, 0.3) is 0 Å². The van der Waals surface area contributed by atoms with Gasteiger partial charge in [-0.05, 0) is 46.1 Å². The highest BCUT2D eigenvalue weighted by Gasteiger charge is 2.22. The summed E-state index contributed by atoms with van der Waals surface area (Å²) < 4.78 is 7.89. The van der Waals surface area contributed by atoms with Gasteiger partial charge in [0.1, 0.15) is 0 Å². The number of ether oxygens (including phenoxy) is 1. The topological polar surface area (TPSA) is 65.1 Å². The van der Waals surface area contributed by atoms with E-state index in [4.69, 9.17) is 22.2 Å². The van der Waals surface area contributed by atoms with Crippen LogP contribution in [0.4, 0.5) is 0 Å². The van der Waals surface area contributed by atoms with E-state index in [1.807, 2.05) is 29.8 Å². The zero-order chi connectivity index (χ0) is 15.4. The summed E-state index contributed by atoms with van der Waals surface area (Å²) >= 11 is 9.66. The van der Waals surface area contributed by atoms with E-state index in [0.717, 1.165) is 21.3 Å². The summed E-state index contributed by atoms with van der Waals surface area (Å²) in [6.07, 6.45) is 1.76. The predicted octanol–water partition coefficient (Wildman–Crippen LogP) is 2.81. The Morgan fingerprint density at radius 2 is 2.29 bits per heavy atom. The molecule has 2 rings (SSSR count). The molecular weight excluding hydrogens is 356 g/mol. The first-order valence-corrected chi connectivity index (χ1v) is 7.68. The smallest absolute Gasteiger partial charge is 0.0892 e. The third-order valence-electron chi connectivity index (χ3n) is 3.33. The van der Waals surface area contributed by atoms with E-state index in [0.29, 0.717) is 18.2 Å². The molecule has 114 valence electrons. The van der Waals surface area contributed by atoms with E-state index in [-0.39, 0.29) is 6.04 Å². The lowest BCUT2D eigenvalue weighted by atomic mass is 9.99. The Bertz CT molecular complexity index is 617. The number of nitrogens with one attached hydrogen (secondary N) is 1. The molecule has 2 aromatic rings. The number of aromatic nitrogens is 2. The van der Waals surface area contributed by atoms with Crippen LogP contribution >= 0.6 is 27.5 Å². The van der Waals surface area contributed by atoms with Gasteiger partial charge in [0, 0.05) is 12.1 Å². The summed E-state index contributed by atoms with van der Waals surface area (Å²) in [7, 11) is 1.66. The molecule has 0 aliphatic carbocycles. The summed E-state index contributed by atoms with van der Waals surface area (Å²) in [5.74, 6) is 5.80. The van der Waals surface area contributed by atoms with Crippen molar-refractivity contribution in [1.82, 2.24) is 15.2 Å². The minimum absolute atomic E-state index is 0.211. The largest absolute Gasteiger partial charge is 0.383 e.